The third kappa shape index (κ3) is 3.97. The molecule has 1 aliphatic rings. The van der Waals surface area contributed by atoms with Crippen molar-refractivity contribution in [3.63, 3.8) is 0 Å². The Morgan fingerprint density at radius 2 is 1.96 bits per heavy atom. The molecule has 1 unspecified atom stereocenters. The van der Waals surface area contributed by atoms with Gasteiger partial charge in [-0.15, -0.1) is 11.3 Å². The van der Waals surface area contributed by atoms with Crippen molar-refractivity contribution in [3.05, 3.63) is 50.4 Å². The summed E-state index contributed by atoms with van der Waals surface area (Å²) < 4.78 is 0. The highest BCUT2D eigenvalue weighted by Crippen LogP contribution is 2.26. The third-order valence-electron chi connectivity index (χ3n) is 4.40. The van der Waals surface area contributed by atoms with Crippen LogP contribution in [0.2, 0.25) is 5.02 Å². The van der Waals surface area contributed by atoms with Crippen LogP contribution in [0, 0.1) is 13.8 Å². The van der Waals surface area contributed by atoms with Crippen molar-refractivity contribution in [2.24, 2.45) is 0 Å². The van der Waals surface area contributed by atoms with Gasteiger partial charge in [-0.25, -0.2) is 4.98 Å². The third-order valence-corrected chi connectivity index (χ3v) is 5.73. The highest BCUT2D eigenvalue weighted by Gasteiger charge is 2.24. The zero-order valence-corrected chi connectivity index (χ0v) is 15.6. The molecule has 2 heterocycles. The van der Waals surface area contributed by atoms with Crippen LogP contribution in [0.4, 0.5) is 0 Å². The lowest BCUT2D eigenvalue weighted by Gasteiger charge is -2.28. The second-order valence-electron chi connectivity index (χ2n) is 6.17. The number of rotatable bonds is 5. The van der Waals surface area contributed by atoms with Crippen LogP contribution in [0.15, 0.2) is 24.3 Å². The van der Waals surface area contributed by atoms with E-state index in [2.05, 4.69) is 27.3 Å². The van der Waals surface area contributed by atoms with Crippen LogP contribution < -0.4 is 5.32 Å². The number of benzene rings is 1. The zero-order valence-electron chi connectivity index (χ0n) is 14.0. The van der Waals surface area contributed by atoms with Gasteiger partial charge in [0.25, 0.3) is 5.91 Å². The van der Waals surface area contributed by atoms with Crippen molar-refractivity contribution in [1.29, 1.82) is 0 Å². The fourth-order valence-electron chi connectivity index (χ4n) is 3.21. The molecule has 1 N–H and O–H groups in total. The first kappa shape index (κ1) is 17.4. The van der Waals surface area contributed by atoms with Gasteiger partial charge in [0, 0.05) is 11.6 Å². The van der Waals surface area contributed by atoms with Crippen LogP contribution in [-0.4, -0.2) is 35.4 Å². The molecule has 0 aliphatic carbocycles. The lowest BCUT2D eigenvalue weighted by Crippen LogP contribution is -2.36. The fourth-order valence-corrected chi connectivity index (χ4v) is 4.17. The van der Waals surface area contributed by atoms with Gasteiger partial charge in [0.1, 0.15) is 4.88 Å². The number of likely N-dealkylation sites (tertiary alicyclic amines) is 1. The van der Waals surface area contributed by atoms with Crippen LogP contribution in [0.3, 0.4) is 0 Å². The Labute approximate surface area is 151 Å². The minimum atomic E-state index is -0.0312. The smallest absolute Gasteiger partial charge is 0.263 e. The van der Waals surface area contributed by atoms with E-state index in [1.807, 2.05) is 26.0 Å². The number of aromatic nitrogens is 1. The van der Waals surface area contributed by atoms with Gasteiger partial charge in [-0.1, -0.05) is 23.7 Å². The van der Waals surface area contributed by atoms with Gasteiger partial charge in [0.2, 0.25) is 0 Å². The average Bonchev–Trinajstić information content (AvgIpc) is 3.19. The van der Waals surface area contributed by atoms with Gasteiger partial charge >= 0.3 is 0 Å². The van der Waals surface area contributed by atoms with Crippen LogP contribution in [-0.2, 0) is 0 Å². The van der Waals surface area contributed by atoms with E-state index < -0.39 is 0 Å². The molecular formula is C18H22ClN3OS. The van der Waals surface area contributed by atoms with Crippen LogP contribution >= 0.6 is 22.9 Å². The monoisotopic (exact) mass is 363 g/mol. The van der Waals surface area contributed by atoms with E-state index >= 15 is 0 Å². The molecule has 1 saturated heterocycles. The van der Waals surface area contributed by atoms with Crippen molar-refractivity contribution < 1.29 is 4.79 Å². The van der Waals surface area contributed by atoms with Gasteiger partial charge in [0.05, 0.1) is 16.7 Å². The summed E-state index contributed by atoms with van der Waals surface area (Å²) in [5, 5.41) is 4.76. The SMILES string of the molecule is Cc1nc(C)c(C(=O)NCC(c2ccc(Cl)cc2)N2CCCC2)s1. The van der Waals surface area contributed by atoms with Crippen LogP contribution in [0.25, 0.3) is 0 Å². The average molecular weight is 364 g/mol. The molecule has 3 rings (SSSR count). The molecule has 1 fully saturated rings. The summed E-state index contributed by atoms with van der Waals surface area (Å²) >= 11 is 7.46. The second-order valence-corrected chi connectivity index (χ2v) is 7.81. The maximum atomic E-state index is 12.5. The number of halogens is 1. The second kappa shape index (κ2) is 7.64. The van der Waals surface area contributed by atoms with E-state index in [4.69, 9.17) is 11.6 Å². The number of aryl methyl sites for hydroxylation is 2. The maximum Gasteiger partial charge on any atom is 0.263 e. The number of thiazole rings is 1. The largest absolute Gasteiger partial charge is 0.349 e. The standard InChI is InChI=1S/C18H22ClN3OS/c1-12-17(24-13(2)21-12)18(23)20-11-16(22-9-3-4-10-22)14-5-7-15(19)8-6-14/h5-8,16H,3-4,9-11H2,1-2H3,(H,20,23). The fraction of sp³-hybridized carbons (Fsp3) is 0.444. The molecule has 1 amide bonds. The lowest BCUT2D eigenvalue weighted by atomic mass is 10.1. The van der Waals surface area contributed by atoms with E-state index in [9.17, 15) is 4.79 Å². The molecule has 1 aromatic carbocycles. The molecule has 128 valence electrons. The predicted octanol–water partition coefficient (Wildman–Crippen LogP) is 3.98. The molecule has 6 heteroatoms. The minimum Gasteiger partial charge on any atom is -0.349 e. The highest BCUT2D eigenvalue weighted by molar-refractivity contribution is 7.13. The van der Waals surface area contributed by atoms with Crippen molar-refractivity contribution in [1.82, 2.24) is 15.2 Å². The Kier molecular flexibility index (Phi) is 5.54. The van der Waals surface area contributed by atoms with Gasteiger partial charge in [-0.05, 0) is 57.5 Å². The van der Waals surface area contributed by atoms with E-state index in [1.165, 1.54) is 29.7 Å². The Morgan fingerprint density at radius 1 is 1.29 bits per heavy atom. The van der Waals surface area contributed by atoms with Crippen molar-refractivity contribution in [2.75, 3.05) is 19.6 Å². The summed E-state index contributed by atoms with van der Waals surface area (Å²) in [6.07, 6.45) is 2.43. The Morgan fingerprint density at radius 3 is 2.54 bits per heavy atom. The predicted molar refractivity (Wildman–Crippen MR) is 98.9 cm³/mol. The Hall–Kier alpha value is -1.43. The lowest BCUT2D eigenvalue weighted by molar-refractivity contribution is 0.0941. The molecular weight excluding hydrogens is 342 g/mol. The maximum absolute atomic E-state index is 12.5. The minimum absolute atomic E-state index is 0.0312. The number of carbonyl (C=O) groups is 1. The summed E-state index contributed by atoms with van der Waals surface area (Å²) in [5.74, 6) is -0.0312. The van der Waals surface area contributed by atoms with Crippen molar-refractivity contribution >= 4 is 28.8 Å². The molecule has 0 bridgehead atoms. The number of hydrogen-bond donors (Lipinski definition) is 1. The summed E-state index contributed by atoms with van der Waals surface area (Å²) in [4.78, 5) is 20.0. The van der Waals surface area contributed by atoms with Gasteiger partial charge in [0.15, 0.2) is 0 Å². The van der Waals surface area contributed by atoms with Crippen molar-refractivity contribution in [2.45, 2.75) is 32.7 Å². The molecule has 0 radical (unpaired) electrons. The topological polar surface area (TPSA) is 45.2 Å². The molecule has 0 spiro atoms. The normalized spacial score (nSPS) is 16.3. The molecule has 2 aromatic rings. The number of amides is 1. The first-order chi connectivity index (χ1) is 11.5. The number of carbonyl (C=O) groups excluding carboxylic acids is 1. The summed E-state index contributed by atoms with van der Waals surface area (Å²) in [6, 6.07) is 8.12. The number of hydrogen-bond acceptors (Lipinski definition) is 4. The highest BCUT2D eigenvalue weighted by atomic mass is 35.5. The number of nitrogens with zero attached hydrogens (tertiary/aromatic N) is 2. The molecule has 1 aromatic heterocycles. The summed E-state index contributed by atoms with van der Waals surface area (Å²) in [5.41, 5.74) is 2.00. The number of nitrogens with one attached hydrogen (secondary N) is 1. The summed E-state index contributed by atoms with van der Waals surface area (Å²) in [7, 11) is 0. The first-order valence-corrected chi connectivity index (χ1v) is 9.46. The van der Waals surface area contributed by atoms with E-state index in [0.29, 0.717) is 11.4 Å². The molecule has 24 heavy (non-hydrogen) atoms. The van der Waals surface area contributed by atoms with E-state index in [0.717, 1.165) is 28.8 Å². The van der Waals surface area contributed by atoms with Gasteiger partial charge < -0.3 is 5.32 Å². The quantitative estimate of drug-likeness (QED) is 0.873. The van der Waals surface area contributed by atoms with E-state index in [1.54, 1.807) is 0 Å². The van der Waals surface area contributed by atoms with E-state index in [-0.39, 0.29) is 11.9 Å². The molecule has 4 nitrogen and oxygen atoms in total. The zero-order chi connectivity index (χ0) is 17.1. The Balaban J connectivity index is 1.73. The summed E-state index contributed by atoms with van der Waals surface area (Å²) in [6.45, 7) is 6.55. The van der Waals surface area contributed by atoms with Gasteiger partial charge in [-0.3, -0.25) is 9.69 Å². The molecule has 0 saturated carbocycles. The van der Waals surface area contributed by atoms with Crippen LogP contribution in [0.5, 0.6) is 0 Å². The van der Waals surface area contributed by atoms with Gasteiger partial charge in [-0.2, -0.15) is 0 Å². The molecule has 1 atom stereocenters. The van der Waals surface area contributed by atoms with Crippen LogP contribution in [0.1, 0.15) is 44.8 Å². The van der Waals surface area contributed by atoms with Crippen molar-refractivity contribution in [3.8, 4) is 0 Å². The first-order valence-electron chi connectivity index (χ1n) is 8.26. The Bertz CT molecular complexity index is 708. The molecule has 1 aliphatic heterocycles.